The second-order valence-electron chi connectivity index (χ2n) is 19.3. The van der Waals surface area contributed by atoms with Crippen molar-refractivity contribution in [3.8, 4) is 47.4 Å². The lowest BCUT2D eigenvalue weighted by molar-refractivity contribution is -0.0370. The third kappa shape index (κ3) is 17.2. The van der Waals surface area contributed by atoms with Crippen molar-refractivity contribution < 1.29 is 84.7 Å². The van der Waals surface area contributed by atoms with Crippen LogP contribution in [0.25, 0.3) is 0 Å². The molecule has 456 valence electrons. The molecular formula is C48H53N8O26P3. The van der Waals surface area contributed by atoms with Gasteiger partial charge in [-0.15, -0.1) is 0 Å². The zero-order chi connectivity index (χ0) is 61.7. The van der Waals surface area contributed by atoms with Crippen LogP contribution in [0, 0.1) is 47.4 Å². The van der Waals surface area contributed by atoms with Crippen LogP contribution in [0.2, 0.25) is 0 Å². The number of H-pyrrole nitrogens is 4. The van der Waals surface area contributed by atoms with Gasteiger partial charge in [-0.05, 0) is 0 Å². The highest BCUT2D eigenvalue weighted by molar-refractivity contribution is 7.48. The van der Waals surface area contributed by atoms with Crippen LogP contribution in [0.1, 0.15) is 47.9 Å². The van der Waals surface area contributed by atoms with Crippen LogP contribution >= 0.6 is 23.5 Å². The molecule has 4 aromatic heterocycles. The maximum absolute atomic E-state index is 13.6. The summed E-state index contributed by atoms with van der Waals surface area (Å²) in [6.45, 7) is -3.43. The van der Waals surface area contributed by atoms with Crippen molar-refractivity contribution >= 4 is 23.5 Å². The number of aromatic nitrogens is 8. The highest BCUT2D eigenvalue weighted by atomic mass is 31.2. The van der Waals surface area contributed by atoms with Crippen LogP contribution in [0.5, 0.6) is 0 Å². The van der Waals surface area contributed by atoms with Gasteiger partial charge in [0.1, 0.15) is 83.3 Å². The molecule has 34 nitrogen and oxygen atoms in total. The highest BCUT2D eigenvalue weighted by Gasteiger charge is 2.46. The minimum absolute atomic E-state index is 0.0867. The molecule has 8 rings (SSSR count). The van der Waals surface area contributed by atoms with Gasteiger partial charge in [-0.25, -0.2) is 32.9 Å². The monoisotopic (exact) mass is 1250 g/mol. The molecule has 0 aliphatic carbocycles. The Bertz CT molecular complexity index is 3880. The van der Waals surface area contributed by atoms with Gasteiger partial charge in [0.2, 0.25) is 0 Å². The van der Waals surface area contributed by atoms with E-state index in [2.05, 4.69) is 67.3 Å². The van der Waals surface area contributed by atoms with E-state index in [-0.39, 0.29) is 47.9 Å². The summed E-state index contributed by atoms with van der Waals surface area (Å²) in [6.07, 6.45) is -12.2. The maximum atomic E-state index is 13.6. The number of aryl methyl sites for hydroxylation is 4. The molecule has 0 amide bonds. The van der Waals surface area contributed by atoms with Crippen molar-refractivity contribution in [3.05, 3.63) is 130 Å². The third-order valence-electron chi connectivity index (χ3n) is 12.9. The number of hydrogen-bond acceptors (Lipinski definition) is 23. The minimum Gasteiger partial charge on any atom is -0.390 e. The molecule has 0 spiro atoms. The number of hydrogen-bond donors (Lipinski definition) is 9. The standard InChI is InChI=1S/C48H53N8O26P3/c1-53-17-25(41(59)49-45(53)63)5-9-29-13-33(57)37(77-29)21-75-84(69,70)81-35-15-31(11-7-27-19-55(3)47(65)51-43(27)61)79-39(35)23-73-83(67,68)74-24-40-36(16-32(80-40)12-8-28-20-56(4)48(66)52-44(28)62)82-85(71,72)76-22-38-34(58)14-30(78-38)10-6-26-18-54(2)46(64)50-42(26)60/h17-20,29-40,57-58H,13-16,21-24H2,1-4H3,(H,67,68)(H,69,70)(H,71,72)(H,49,59,63)(H,50,60,64)(H,51,61,65)(H,52,62,66)/t29-,30-,31-,32-,33-,34-,35-,36-,37+,38+,39+,40+/m0/s1. The lowest BCUT2D eigenvalue weighted by Crippen LogP contribution is -2.31. The largest absolute Gasteiger partial charge is 0.472 e. The molecule has 0 radical (unpaired) electrons. The van der Waals surface area contributed by atoms with Crippen molar-refractivity contribution in [1.29, 1.82) is 0 Å². The SMILES string of the molecule is Cn1cc(C#C[C@H]2C[C@H](OP(=O)(O)OC[C@H]3O[C@@H](C#Cc4cn(C)c(=O)[nH]c4=O)C[C@@H]3O)[C@@H](COP(=O)(O)OC[C@H]3O[C@@H](C#Cc4cn(C)c(=O)[nH]c4=O)C[C@@H]3OP(=O)(O)OC[C@H]3O[C@@H](C#Cc4cn(C)c(=O)[nH]c4=O)C[C@@H]3O)O2)c(=O)[nH]c1=O. The van der Waals surface area contributed by atoms with Crippen LogP contribution < -0.4 is 45.0 Å². The van der Waals surface area contributed by atoms with E-state index in [1.807, 2.05) is 0 Å². The Labute approximate surface area is 476 Å². The molecule has 0 bridgehead atoms. The molecule has 4 saturated heterocycles. The van der Waals surface area contributed by atoms with E-state index in [0.717, 1.165) is 30.7 Å². The van der Waals surface area contributed by atoms with E-state index in [9.17, 15) is 76.9 Å². The molecule has 14 atom stereocenters. The van der Waals surface area contributed by atoms with E-state index >= 15 is 0 Å². The van der Waals surface area contributed by atoms with Crippen molar-refractivity contribution in [2.24, 2.45) is 28.2 Å². The maximum Gasteiger partial charge on any atom is 0.472 e. The van der Waals surface area contributed by atoms with Gasteiger partial charge in [-0.3, -0.25) is 66.3 Å². The second-order valence-corrected chi connectivity index (χ2v) is 23.6. The highest BCUT2D eigenvalue weighted by Crippen LogP contribution is 2.51. The number of nitrogens with zero attached hydrogens (tertiary/aromatic N) is 4. The van der Waals surface area contributed by atoms with Crippen molar-refractivity contribution in [3.63, 3.8) is 0 Å². The summed E-state index contributed by atoms with van der Waals surface area (Å²) in [7, 11) is -10.2. The van der Waals surface area contributed by atoms with E-state index in [1.165, 1.54) is 40.6 Å². The predicted octanol–water partition coefficient (Wildman–Crippen LogP) is -4.77. The summed E-state index contributed by atoms with van der Waals surface area (Å²) < 4.78 is 99.4. The van der Waals surface area contributed by atoms with Gasteiger partial charge in [0.05, 0.1) is 38.6 Å². The quantitative estimate of drug-likeness (QED) is 0.0376. The topological polar surface area (TPSA) is 464 Å². The Morgan fingerprint density at radius 1 is 0.435 bits per heavy atom. The van der Waals surface area contributed by atoms with Crippen LogP contribution in [-0.4, -0.2) is 163 Å². The van der Waals surface area contributed by atoms with Crippen molar-refractivity contribution in [2.45, 2.75) is 98.9 Å². The molecule has 4 aromatic rings. The zero-order valence-corrected chi connectivity index (χ0v) is 47.5. The third-order valence-corrected chi connectivity index (χ3v) is 15.9. The first-order valence-corrected chi connectivity index (χ1v) is 29.6. The molecule has 4 aliphatic heterocycles. The summed E-state index contributed by atoms with van der Waals surface area (Å²) in [6, 6.07) is 0. The Morgan fingerprint density at radius 3 is 0.976 bits per heavy atom. The first kappa shape index (κ1) is 64.1. The number of nitrogens with one attached hydrogen (secondary N) is 4. The second kappa shape index (κ2) is 26.8. The summed E-state index contributed by atoms with van der Waals surface area (Å²) in [5.41, 5.74) is -6.67. The van der Waals surface area contributed by atoms with Crippen LogP contribution in [0.15, 0.2) is 63.1 Å². The smallest absolute Gasteiger partial charge is 0.390 e. The van der Waals surface area contributed by atoms with E-state index in [4.69, 9.17) is 46.1 Å². The fourth-order valence-corrected chi connectivity index (χ4v) is 11.1. The number of aliphatic hydroxyl groups excluding tert-OH is 2. The lowest BCUT2D eigenvalue weighted by atomic mass is 10.1. The minimum atomic E-state index is -5.30. The van der Waals surface area contributed by atoms with E-state index in [1.54, 1.807) is 0 Å². The molecule has 4 fully saturated rings. The molecule has 37 heteroatoms. The van der Waals surface area contributed by atoms with Crippen molar-refractivity contribution in [1.82, 2.24) is 38.2 Å². The number of phosphoric ester groups is 3. The van der Waals surface area contributed by atoms with E-state index in [0.29, 0.717) is 0 Å². The first-order valence-electron chi connectivity index (χ1n) is 25.2. The molecule has 9 N–H and O–H groups in total. The molecular weight excluding hydrogens is 1200 g/mol. The predicted molar refractivity (Wildman–Crippen MR) is 285 cm³/mol. The molecule has 2 unspecified atom stereocenters. The molecule has 4 aliphatic rings. The Balaban J connectivity index is 0.928. The van der Waals surface area contributed by atoms with Gasteiger partial charge in [-0.2, -0.15) is 0 Å². The van der Waals surface area contributed by atoms with Crippen molar-refractivity contribution in [2.75, 3.05) is 26.4 Å². The number of aliphatic hydroxyl groups is 2. The summed E-state index contributed by atoms with van der Waals surface area (Å²) in [5, 5.41) is 21.3. The normalized spacial score (nSPS) is 27.4. The number of aromatic amines is 4. The number of ether oxygens (including phenoxy) is 4. The van der Waals surface area contributed by atoms with E-state index < -0.39 is 168 Å². The first-order chi connectivity index (χ1) is 40.0. The van der Waals surface area contributed by atoms with Gasteiger partial charge >= 0.3 is 46.2 Å². The fraction of sp³-hybridized carbons (Fsp3) is 0.500. The van der Waals surface area contributed by atoms with Crippen LogP contribution in [0.3, 0.4) is 0 Å². The zero-order valence-electron chi connectivity index (χ0n) is 44.8. The lowest BCUT2D eigenvalue weighted by Gasteiger charge is -2.24. The van der Waals surface area contributed by atoms with Crippen LogP contribution in [-0.2, 0) is 88.0 Å². The van der Waals surface area contributed by atoms with Gasteiger partial charge in [0, 0.05) is 78.7 Å². The Morgan fingerprint density at radius 2 is 0.682 bits per heavy atom. The number of phosphoric acid groups is 3. The summed E-state index contributed by atoms with van der Waals surface area (Å²) in [5.74, 6) is 20.7. The van der Waals surface area contributed by atoms with Gasteiger partial charge < -0.3 is 62.1 Å². The van der Waals surface area contributed by atoms with Crippen LogP contribution in [0.4, 0.5) is 0 Å². The molecule has 85 heavy (non-hydrogen) atoms. The Hall–Kier alpha value is -6.95. The number of rotatable bonds is 16. The molecule has 0 aromatic carbocycles. The summed E-state index contributed by atoms with van der Waals surface area (Å²) in [4.78, 5) is 138. The summed E-state index contributed by atoms with van der Waals surface area (Å²) >= 11 is 0. The van der Waals surface area contributed by atoms with Gasteiger partial charge in [0.25, 0.3) is 22.2 Å². The molecule has 8 heterocycles. The average molecular weight is 1250 g/mol. The van der Waals surface area contributed by atoms with Gasteiger partial charge in [-0.1, -0.05) is 47.4 Å². The average Bonchev–Trinajstić information content (AvgIpc) is 4.14. The Kier molecular flexibility index (Phi) is 20.2. The van der Waals surface area contributed by atoms with Gasteiger partial charge in [0.15, 0.2) is 0 Å². The molecule has 0 saturated carbocycles. The fourth-order valence-electron chi connectivity index (χ4n) is 8.43.